The molecule has 0 saturated heterocycles. The predicted molar refractivity (Wildman–Crippen MR) is 53.1 cm³/mol. The Morgan fingerprint density at radius 2 is 2.30 bits per heavy atom. The minimum Gasteiger partial charge on any atom is -0.321 e. The largest absolute Gasteiger partial charge is 0.321 e. The van der Waals surface area contributed by atoms with E-state index in [4.69, 9.17) is 5.73 Å². The van der Waals surface area contributed by atoms with Crippen LogP contribution in [-0.2, 0) is 0 Å². The summed E-state index contributed by atoms with van der Waals surface area (Å²) >= 11 is 2.23. The van der Waals surface area contributed by atoms with Crippen molar-refractivity contribution in [3.63, 3.8) is 0 Å². The third-order valence-electron chi connectivity index (χ3n) is 2.03. The van der Waals surface area contributed by atoms with E-state index in [1.165, 1.54) is 12.8 Å². The fourth-order valence-corrected chi connectivity index (χ4v) is 1.25. The van der Waals surface area contributed by atoms with Gasteiger partial charge >= 0.3 is 0 Å². The molecule has 0 aliphatic heterocycles. The summed E-state index contributed by atoms with van der Waals surface area (Å²) in [6.45, 7) is 5.94. The molecule has 1 rings (SSSR count). The van der Waals surface area contributed by atoms with Gasteiger partial charge in [-0.2, -0.15) is 0 Å². The standard InChI is InChI=1S/C8H14IN/c1-6(9)8(2,10)5-7-3-4-7/h7H,1,3-5,10H2,2H3/t8-/m0/s1. The van der Waals surface area contributed by atoms with Gasteiger partial charge in [-0.1, -0.05) is 19.4 Å². The van der Waals surface area contributed by atoms with Gasteiger partial charge in [0.1, 0.15) is 0 Å². The van der Waals surface area contributed by atoms with Gasteiger partial charge in [-0.05, 0) is 41.9 Å². The molecule has 0 amide bonds. The Kier molecular flexibility index (Phi) is 2.40. The Bertz CT molecular complexity index is 147. The monoisotopic (exact) mass is 251 g/mol. The summed E-state index contributed by atoms with van der Waals surface area (Å²) in [5.74, 6) is 0.890. The fourth-order valence-electron chi connectivity index (χ4n) is 1.03. The molecule has 1 fully saturated rings. The van der Waals surface area contributed by atoms with Crippen LogP contribution in [0.15, 0.2) is 10.2 Å². The summed E-state index contributed by atoms with van der Waals surface area (Å²) in [6, 6.07) is 0. The topological polar surface area (TPSA) is 26.0 Å². The number of hydrogen-bond acceptors (Lipinski definition) is 1. The molecular formula is C8H14IN. The van der Waals surface area contributed by atoms with Crippen molar-refractivity contribution < 1.29 is 0 Å². The van der Waals surface area contributed by atoms with Crippen molar-refractivity contribution in [2.75, 3.05) is 0 Å². The predicted octanol–water partition coefficient (Wildman–Crippen LogP) is 2.45. The van der Waals surface area contributed by atoms with Crippen LogP contribution in [0.5, 0.6) is 0 Å². The average Bonchev–Trinajstić information content (AvgIpc) is 2.48. The molecule has 0 spiro atoms. The number of hydrogen-bond donors (Lipinski definition) is 1. The molecule has 1 atom stereocenters. The van der Waals surface area contributed by atoms with Crippen LogP contribution in [0.25, 0.3) is 0 Å². The van der Waals surface area contributed by atoms with Crippen LogP contribution in [0.2, 0.25) is 0 Å². The Labute approximate surface area is 76.2 Å². The lowest BCUT2D eigenvalue weighted by atomic mass is 9.97. The molecule has 1 nitrogen and oxygen atoms in total. The lowest BCUT2D eigenvalue weighted by Crippen LogP contribution is -2.36. The zero-order valence-electron chi connectivity index (χ0n) is 6.36. The smallest absolute Gasteiger partial charge is 0.0435 e. The van der Waals surface area contributed by atoms with Crippen molar-refractivity contribution in [1.29, 1.82) is 0 Å². The van der Waals surface area contributed by atoms with E-state index < -0.39 is 0 Å². The molecular weight excluding hydrogens is 237 g/mol. The van der Waals surface area contributed by atoms with Crippen LogP contribution in [0.3, 0.4) is 0 Å². The van der Waals surface area contributed by atoms with E-state index in [1.807, 2.05) is 0 Å². The molecule has 0 bridgehead atoms. The maximum atomic E-state index is 5.99. The molecule has 0 aromatic rings. The van der Waals surface area contributed by atoms with E-state index in [0.717, 1.165) is 15.9 Å². The first-order chi connectivity index (χ1) is 4.52. The molecule has 58 valence electrons. The van der Waals surface area contributed by atoms with Gasteiger partial charge in [-0.25, -0.2) is 0 Å². The third kappa shape index (κ3) is 2.23. The number of rotatable bonds is 3. The van der Waals surface area contributed by atoms with E-state index in [2.05, 4.69) is 36.1 Å². The van der Waals surface area contributed by atoms with Crippen molar-refractivity contribution in [1.82, 2.24) is 0 Å². The average molecular weight is 251 g/mol. The van der Waals surface area contributed by atoms with Crippen LogP contribution in [0.4, 0.5) is 0 Å². The Balaban J connectivity index is 2.40. The summed E-state index contributed by atoms with van der Waals surface area (Å²) < 4.78 is 1.08. The molecule has 1 aliphatic carbocycles. The second kappa shape index (κ2) is 2.81. The summed E-state index contributed by atoms with van der Waals surface area (Å²) in [4.78, 5) is 0. The summed E-state index contributed by atoms with van der Waals surface area (Å²) in [6.07, 6.45) is 3.86. The highest BCUT2D eigenvalue weighted by atomic mass is 127. The van der Waals surface area contributed by atoms with Crippen LogP contribution in [0, 0.1) is 5.92 Å². The molecule has 1 saturated carbocycles. The first kappa shape index (κ1) is 8.53. The van der Waals surface area contributed by atoms with E-state index >= 15 is 0 Å². The van der Waals surface area contributed by atoms with Crippen LogP contribution >= 0.6 is 22.6 Å². The molecule has 2 heteroatoms. The van der Waals surface area contributed by atoms with Gasteiger partial charge in [0.2, 0.25) is 0 Å². The van der Waals surface area contributed by atoms with Gasteiger partial charge < -0.3 is 5.73 Å². The summed E-state index contributed by atoms with van der Waals surface area (Å²) in [5, 5.41) is 0. The van der Waals surface area contributed by atoms with Gasteiger partial charge in [-0.3, -0.25) is 0 Å². The second-order valence-corrected chi connectivity index (χ2v) is 4.77. The maximum Gasteiger partial charge on any atom is 0.0435 e. The number of nitrogens with two attached hydrogens (primary N) is 1. The minimum atomic E-state index is -0.123. The van der Waals surface area contributed by atoms with Crippen molar-refractivity contribution in [3.8, 4) is 0 Å². The SMILES string of the molecule is C=C(I)[C@@](C)(N)CC1CC1. The molecule has 0 aromatic heterocycles. The van der Waals surface area contributed by atoms with Gasteiger partial charge in [0.25, 0.3) is 0 Å². The van der Waals surface area contributed by atoms with Gasteiger partial charge in [-0.15, -0.1) is 0 Å². The van der Waals surface area contributed by atoms with E-state index in [0.29, 0.717) is 0 Å². The van der Waals surface area contributed by atoms with Crippen LogP contribution in [-0.4, -0.2) is 5.54 Å². The van der Waals surface area contributed by atoms with E-state index in [1.54, 1.807) is 0 Å². The van der Waals surface area contributed by atoms with Crippen molar-refractivity contribution in [3.05, 3.63) is 10.2 Å². The van der Waals surface area contributed by atoms with E-state index in [9.17, 15) is 0 Å². The lowest BCUT2D eigenvalue weighted by molar-refractivity contribution is 0.494. The zero-order chi connectivity index (χ0) is 7.78. The minimum absolute atomic E-state index is 0.123. The molecule has 0 aromatic carbocycles. The Morgan fingerprint density at radius 1 is 1.80 bits per heavy atom. The Morgan fingerprint density at radius 3 is 2.60 bits per heavy atom. The van der Waals surface area contributed by atoms with Gasteiger partial charge in [0.15, 0.2) is 0 Å². The highest BCUT2D eigenvalue weighted by Gasteiger charge is 2.31. The molecule has 1 aliphatic rings. The molecule has 10 heavy (non-hydrogen) atoms. The first-order valence-electron chi connectivity index (χ1n) is 3.66. The third-order valence-corrected chi connectivity index (χ3v) is 3.26. The molecule has 2 N–H and O–H groups in total. The lowest BCUT2D eigenvalue weighted by Gasteiger charge is -2.23. The van der Waals surface area contributed by atoms with E-state index in [-0.39, 0.29) is 5.54 Å². The van der Waals surface area contributed by atoms with Crippen molar-refractivity contribution in [2.24, 2.45) is 11.7 Å². The normalized spacial score (nSPS) is 23.9. The van der Waals surface area contributed by atoms with Crippen LogP contribution < -0.4 is 5.73 Å². The van der Waals surface area contributed by atoms with Crippen LogP contribution in [0.1, 0.15) is 26.2 Å². The Hall–Kier alpha value is 0.430. The van der Waals surface area contributed by atoms with Gasteiger partial charge in [0.05, 0.1) is 0 Å². The fraction of sp³-hybridized carbons (Fsp3) is 0.750. The summed E-state index contributed by atoms with van der Waals surface area (Å²) in [7, 11) is 0. The quantitative estimate of drug-likeness (QED) is 0.766. The van der Waals surface area contributed by atoms with Crippen molar-refractivity contribution in [2.45, 2.75) is 31.7 Å². The highest BCUT2D eigenvalue weighted by Crippen LogP contribution is 2.38. The van der Waals surface area contributed by atoms with Crippen molar-refractivity contribution >= 4 is 22.6 Å². The zero-order valence-corrected chi connectivity index (χ0v) is 8.52. The number of halogens is 1. The molecule has 0 radical (unpaired) electrons. The van der Waals surface area contributed by atoms with Gasteiger partial charge in [0, 0.05) is 9.12 Å². The molecule has 0 unspecified atom stereocenters. The molecule has 0 heterocycles. The second-order valence-electron chi connectivity index (χ2n) is 3.47. The highest BCUT2D eigenvalue weighted by molar-refractivity contribution is 14.1. The first-order valence-corrected chi connectivity index (χ1v) is 4.74. The summed E-state index contributed by atoms with van der Waals surface area (Å²) in [5.41, 5.74) is 5.87. The maximum absolute atomic E-state index is 5.99.